The van der Waals surface area contributed by atoms with Gasteiger partial charge >= 0.3 is 0 Å². The summed E-state index contributed by atoms with van der Waals surface area (Å²) in [5.41, 5.74) is 3.02. The van der Waals surface area contributed by atoms with E-state index in [1.165, 1.54) is 0 Å². The minimum absolute atomic E-state index is 0.0237. The number of amidine groups is 1. The molecule has 0 bridgehead atoms. The Labute approximate surface area is 173 Å². The molecule has 6 heteroatoms. The van der Waals surface area contributed by atoms with Gasteiger partial charge in [-0.05, 0) is 42.8 Å². The predicted octanol–water partition coefficient (Wildman–Crippen LogP) is 5.89. The van der Waals surface area contributed by atoms with Gasteiger partial charge in [0.15, 0.2) is 5.17 Å². The van der Waals surface area contributed by atoms with Crippen LogP contribution in [0, 0.1) is 6.92 Å². The first kappa shape index (κ1) is 17.8. The molecule has 4 nitrogen and oxygen atoms in total. The normalized spacial score (nSPS) is 23.8. The molecular weight excluding hydrogens is 390 g/mol. The largest absolute Gasteiger partial charge is 0.459 e. The summed E-state index contributed by atoms with van der Waals surface area (Å²) in [7, 11) is 0. The Morgan fingerprint density at radius 3 is 2.86 bits per heavy atom. The van der Waals surface area contributed by atoms with Gasteiger partial charge in [0.1, 0.15) is 23.6 Å². The third-order valence-corrected chi connectivity index (χ3v) is 6.84. The Balaban J connectivity index is 1.55. The van der Waals surface area contributed by atoms with Crippen molar-refractivity contribution >= 4 is 28.5 Å². The number of furan rings is 1. The van der Waals surface area contributed by atoms with Crippen molar-refractivity contribution in [1.82, 2.24) is 9.88 Å². The molecule has 142 valence electrons. The molecule has 2 aliphatic rings. The number of benzene rings is 1. The van der Waals surface area contributed by atoms with Gasteiger partial charge in [0.05, 0.1) is 5.69 Å². The number of nitrogens with zero attached hydrogens (tertiary/aromatic N) is 3. The molecule has 0 N–H and O–H groups in total. The van der Waals surface area contributed by atoms with E-state index in [0.29, 0.717) is 5.25 Å². The lowest BCUT2D eigenvalue weighted by atomic mass is 10.0. The number of hydrogen-bond donors (Lipinski definition) is 0. The van der Waals surface area contributed by atoms with Crippen LogP contribution >= 0.6 is 23.4 Å². The van der Waals surface area contributed by atoms with E-state index in [1.54, 1.807) is 0 Å². The van der Waals surface area contributed by atoms with Gasteiger partial charge < -0.3 is 9.32 Å². The summed E-state index contributed by atoms with van der Waals surface area (Å²) in [6.07, 6.45) is 1.83. The Morgan fingerprint density at radius 2 is 2.04 bits per heavy atom. The average Bonchev–Trinajstić information content (AvgIpc) is 3.38. The number of aromatic nitrogens is 1. The SMILES string of the molecule is Cc1c(Cl)cccc1-c1ccc([C@H]2[C@@H](c3ccccn3)N=C3S[C@@H](C)CN32)o1. The first-order valence-electron chi connectivity index (χ1n) is 9.39. The molecule has 0 saturated carbocycles. The zero-order valence-electron chi connectivity index (χ0n) is 15.7. The lowest BCUT2D eigenvalue weighted by Gasteiger charge is -2.25. The molecule has 5 rings (SSSR count). The topological polar surface area (TPSA) is 41.6 Å². The number of fused-ring (bicyclic) bond motifs is 1. The van der Waals surface area contributed by atoms with Crippen molar-refractivity contribution in [3.63, 3.8) is 0 Å². The number of aliphatic imine (C=N–C) groups is 1. The van der Waals surface area contributed by atoms with Gasteiger partial charge in [0.25, 0.3) is 0 Å². The van der Waals surface area contributed by atoms with Crippen LogP contribution in [0.4, 0.5) is 0 Å². The summed E-state index contributed by atoms with van der Waals surface area (Å²) in [4.78, 5) is 11.9. The predicted molar refractivity (Wildman–Crippen MR) is 115 cm³/mol. The first-order chi connectivity index (χ1) is 13.6. The molecule has 4 heterocycles. The lowest BCUT2D eigenvalue weighted by molar-refractivity contribution is 0.277. The molecule has 1 fully saturated rings. The summed E-state index contributed by atoms with van der Waals surface area (Å²) in [5, 5.41) is 2.36. The highest BCUT2D eigenvalue weighted by molar-refractivity contribution is 8.14. The Hall–Kier alpha value is -2.24. The highest BCUT2D eigenvalue weighted by Gasteiger charge is 2.45. The molecule has 0 unspecified atom stereocenters. The molecule has 2 aliphatic heterocycles. The molecule has 1 aromatic carbocycles. The van der Waals surface area contributed by atoms with E-state index in [0.717, 1.165) is 45.1 Å². The number of rotatable bonds is 3. The summed E-state index contributed by atoms with van der Waals surface area (Å²) >= 11 is 8.14. The van der Waals surface area contributed by atoms with E-state index in [1.807, 2.05) is 67.3 Å². The quantitative estimate of drug-likeness (QED) is 0.540. The lowest BCUT2D eigenvalue weighted by Crippen LogP contribution is -2.28. The Bertz CT molecular complexity index is 1050. The van der Waals surface area contributed by atoms with Crippen molar-refractivity contribution in [2.45, 2.75) is 31.2 Å². The molecular formula is C22H20ClN3OS. The van der Waals surface area contributed by atoms with Crippen LogP contribution in [0.2, 0.25) is 5.02 Å². The van der Waals surface area contributed by atoms with E-state index < -0.39 is 0 Å². The van der Waals surface area contributed by atoms with E-state index >= 15 is 0 Å². The standard InChI is InChI=1S/C22H20ClN3OS/c1-13-12-26-21(20(25-22(26)28-13)17-8-3-4-11-24-17)19-10-9-18(27-19)15-6-5-7-16(23)14(15)2/h3-11,13,20-21H,12H2,1-2H3/t13-,20+,21-/m0/s1. The van der Waals surface area contributed by atoms with Crippen molar-refractivity contribution in [2.24, 2.45) is 4.99 Å². The fraction of sp³-hybridized carbons (Fsp3) is 0.273. The first-order valence-corrected chi connectivity index (χ1v) is 10.6. The van der Waals surface area contributed by atoms with Crippen LogP contribution in [0.15, 0.2) is 64.1 Å². The van der Waals surface area contributed by atoms with Crippen LogP contribution < -0.4 is 0 Å². The summed E-state index contributed by atoms with van der Waals surface area (Å²) in [6.45, 7) is 5.22. The number of hydrogen-bond acceptors (Lipinski definition) is 5. The average molecular weight is 410 g/mol. The van der Waals surface area contributed by atoms with Gasteiger partial charge in [-0.2, -0.15) is 0 Å². The second-order valence-corrected chi connectivity index (χ2v) is 9.06. The molecule has 3 aromatic rings. The Kier molecular flexibility index (Phi) is 4.44. The van der Waals surface area contributed by atoms with Crippen molar-refractivity contribution in [3.8, 4) is 11.3 Å². The van der Waals surface area contributed by atoms with Crippen LogP contribution in [-0.4, -0.2) is 26.8 Å². The maximum absolute atomic E-state index is 6.37. The maximum Gasteiger partial charge on any atom is 0.161 e. The van der Waals surface area contributed by atoms with E-state index in [2.05, 4.69) is 22.9 Å². The second kappa shape index (κ2) is 6.98. The highest BCUT2D eigenvalue weighted by Crippen LogP contribution is 2.48. The summed E-state index contributed by atoms with van der Waals surface area (Å²) < 4.78 is 6.37. The van der Waals surface area contributed by atoms with E-state index in [9.17, 15) is 0 Å². The molecule has 3 atom stereocenters. The number of thioether (sulfide) groups is 1. The van der Waals surface area contributed by atoms with Gasteiger partial charge in [-0.15, -0.1) is 0 Å². The fourth-order valence-electron chi connectivity index (χ4n) is 3.96. The third-order valence-electron chi connectivity index (χ3n) is 5.33. The van der Waals surface area contributed by atoms with Crippen LogP contribution in [0.25, 0.3) is 11.3 Å². The smallest absolute Gasteiger partial charge is 0.161 e. The minimum atomic E-state index is -0.0596. The fourth-order valence-corrected chi connectivity index (χ4v) is 5.22. The van der Waals surface area contributed by atoms with E-state index in [4.69, 9.17) is 21.0 Å². The van der Waals surface area contributed by atoms with Gasteiger partial charge in [-0.1, -0.05) is 48.5 Å². The number of pyridine rings is 1. The van der Waals surface area contributed by atoms with Crippen LogP contribution in [0.5, 0.6) is 0 Å². The summed E-state index contributed by atoms with van der Waals surface area (Å²) in [6, 6.07) is 16.0. The molecule has 0 radical (unpaired) electrons. The monoisotopic (exact) mass is 409 g/mol. The van der Waals surface area contributed by atoms with Crippen LogP contribution in [0.3, 0.4) is 0 Å². The third kappa shape index (κ3) is 2.93. The van der Waals surface area contributed by atoms with Gasteiger partial charge in [-0.3, -0.25) is 4.98 Å². The van der Waals surface area contributed by atoms with Crippen molar-refractivity contribution < 1.29 is 4.42 Å². The van der Waals surface area contributed by atoms with E-state index in [-0.39, 0.29) is 12.1 Å². The molecule has 28 heavy (non-hydrogen) atoms. The zero-order chi connectivity index (χ0) is 19.3. The summed E-state index contributed by atoms with van der Waals surface area (Å²) in [5.74, 6) is 1.75. The molecule has 0 spiro atoms. The van der Waals surface area contributed by atoms with Crippen molar-refractivity contribution in [1.29, 1.82) is 0 Å². The van der Waals surface area contributed by atoms with Crippen LogP contribution in [-0.2, 0) is 0 Å². The maximum atomic E-state index is 6.37. The Morgan fingerprint density at radius 1 is 1.14 bits per heavy atom. The zero-order valence-corrected chi connectivity index (χ0v) is 17.2. The number of halogens is 1. The van der Waals surface area contributed by atoms with Gasteiger partial charge in [0, 0.05) is 28.6 Å². The minimum Gasteiger partial charge on any atom is -0.459 e. The van der Waals surface area contributed by atoms with Crippen LogP contribution in [0.1, 0.15) is 36.0 Å². The molecule has 0 aliphatic carbocycles. The molecule has 1 saturated heterocycles. The van der Waals surface area contributed by atoms with Crippen molar-refractivity contribution in [3.05, 3.63) is 76.8 Å². The second-order valence-electron chi connectivity index (χ2n) is 7.25. The molecule has 0 amide bonds. The molecule has 2 aromatic heterocycles. The highest BCUT2D eigenvalue weighted by atomic mass is 35.5. The van der Waals surface area contributed by atoms with Gasteiger partial charge in [-0.25, -0.2) is 4.99 Å². The van der Waals surface area contributed by atoms with Gasteiger partial charge in [0.2, 0.25) is 0 Å². The van der Waals surface area contributed by atoms with Crippen molar-refractivity contribution in [2.75, 3.05) is 6.54 Å².